The molecule has 2 N–H and O–H groups in total. The molecular formula is C16H19NS. The number of hydrogen-bond acceptors (Lipinski definition) is 2. The molecule has 0 spiro atoms. The lowest BCUT2D eigenvalue weighted by Crippen LogP contribution is -2.00. The van der Waals surface area contributed by atoms with Crippen LogP contribution < -0.4 is 5.73 Å². The molecule has 2 aromatic carbocycles. The van der Waals surface area contributed by atoms with Gasteiger partial charge in [-0.3, -0.25) is 0 Å². The molecule has 1 nitrogen and oxygen atoms in total. The van der Waals surface area contributed by atoms with Gasteiger partial charge >= 0.3 is 0 Å². The summed E-state index contributed by atoms with van der Waals surface area (Å²) in [6.45, 7) is 8.31. The lowest BCUT2D eigenvalue weighted by molar-refractivity contribution is 1.22. The van der Waals surface area contributed by atoms with E-state index in [1.807, 2.05) is 6.92 Å². The highest BCUT2D eigenvalue weighted by atomic mass is 32.1. The van der Waals surface area contributed by atoms with Crippen LogP contribution >= 0.6 is 12.6 Å². The summed E-state index contributed by atoms with van der Waals surface area (Å²) < 4.78 is 0. The summed E-state index contributed by atoms with van der Waals surface area (Å²) in [4.78, 5) is 0.986. The fourth-order valence-corrected chi connectivity index (χ4v) is 2.65. The van der Waals surface area contributed by atoms with E-state index in [1.54, 1.807) is 0 Å². The van der Waals surface area contributed by atoms with Gasteiger partial charge in [-0.1, -0.05) is 29.8 Å². The first-order valence-electron chi connectivity index (χ1n) is 6.08. The average molecular weight is 257 g/mol. The van der Waals surface area contributed by atoms with Gasteiger partial charge in [0.05, 0.1) is 0 Å². The molecule has 2 aromatic rings. The Balaban J connectivity index is 2.75. The number of hydrogen-bond donors (Lipinski definition) is 2. The Kier molecular flexibility index (Phi) is 3.40. The van der Waals surface area contributed by atoms with Crippen LogP contribution in [0.15, 0.2) is 29.2 Å². The van der Waals surface area contributed by atoms with Crippen LogP contribution in [-0.2, 0) is 0 Å². The molecule has 0 aromatic heterocycles. The Labute approximate surface area is 114 Å². The second-order valence-corrected chi connectivity index (χ2v) is 5.33. The van der Waals surface area contributed by atoms with E-state index in [0.29, 0.717) is 0 Å². The first kappa shape index (κ1) is 13.0. The van der Waals surface area contributed by atoms with Crippen molar-refractivity contribution < 1.29 is 0 Å². The number of anilines is 1. The first-order valence-corrected chi connectivity index (χ1v) is 6.53. The smallest absolute Gasteiger partial charge is 0.0387 e. The van der Waals surface area contributed by atoms with E-state index in [-0.39, 0.29) is 0 Å². The third kappa shape index (κ3) is 2.01. The molecular weight excluding hydrogens is 238 g/mol. The number of rotatable bonds is 1. The monoisotopic (exact) mass is 257 g/mol. The fourth-order valence-electron chi connectivity index (χ4n) is 2.24. The molecule has 0 aliphatic heterocycles. The quantitative estimate of drug-likeness (QED) is 0.572. The fraction of sp³-hybridized carbons (Fsp3) is 0.250. The van der Waals surface area contributed by atoms with Crippen LogP contribution in [-0.4, -0.2) is 0 Å². The van der Waals surface area contributed by atoms with Crippen LogP contribution in [0.5, 0.6) is 0 Å². The number of nitrogens with two attached hydrogens (primary N) is 1. The van der Waals surface area contributed by atoms with E-state index < -0.39 is 0 Å². The van der Waals surface area contributed by atoms with E-state index in [1.165, 1.54) is 22.3 Å². The average Bonchev–Trinajstić information content (AvgIpc) is 2.36. The van der Waals surface area contributed by atoms with E-state index >= 15 is 0 Å². The first-order chi connectivity index (χ1) is 8.43. The summed E-state index contributed by atoms with van der Waals surface area (Å²) in [5.74, 6) is 0. The zero-order valence-electron chi connectivity index (χ0n) is 11.3. The minimum Gasteiger partial charge on any atom is -0.398 e. The van der Waals surface area contributed by atoms with Crippen molar-refractivity contribution in [3.63, 3.8) is 0 Å². The zero-order valence-corrected chi connectivity index (χ0v) is 12.2. The van der Waals surface area contributed by atoms with Crippen molar-refractivity contribution in [3.05, 3.63) is 46.5 Å². The van der Waals surface area contributed by atoms with Crippen LogP contribution in [0, 0.1) is 27.7 Å². The molecule has 0 unspecified atom stereocenters. The summed E-state index contributed by atoms with van der Waals surface area (Å²) in [5.41, 5.74) is 14.1. The second kappa shape index (κ2) is 4.69. The van der Waals surface area contributed by atoms with E-state index in [0.717, 1.165) is 21.7 Å². The third-order valence-corrected chi connectivity index (χ3v) is 4.24. The number of nitrogen functional groups attached to an aromatic ring is 1. The molecule has 0 bridgehead atoms. The highest BCUT2D eigenvalue weighted by molar-refractivity contribution is 7.80. The van der Waals surface area contributed by atoms with Gasteiger partial charge in [-0.05, 0) is 55.5 Å². The zero-order chi connectivity index (χ0) is 13.4. The van der Waals surface area contributed by atoms with Gasteiger partial charge in [0.1, 0.15) is 0 Å². The van der Waals surface area contributed by atoms with Crippen molar-refractivity contribution in [2.45, 2.75) is 32.6 Å². The predicted molar refractivity (Wildman–Crippen MR) is 82.5 cm³/mol. The summed E-state index contributed by atoms with van der Waals surface area (Å²) >= 11 is 4.66. The summed E-state index contributed by atoms with van der Waals surface area (Å²) in [7, 11) is 0. The number of benzene rings is 2. The lowest BCUT2D eigenvalue weighted by atomic mass is 9.92. The molecule has 0 aliphatic carbocycles. The molecule has 2 rings (SSSR count). The van der Waals surface area contributed by atoms with Gasteiger partial charge in [-0.2, -0.15) is 0 Å². The highest BCUT2D eigenvalue weighted by Crippen LogP contribution is 2.38. The maximum Gasteiger partial charge on any atom is 0.0387 e. The highest BCUT2D eigenvalue weighted by Gasteiger charge is 2.14. The number of thiol groups is 1. The Bertz CT molecular complexity index is 568. The summed E-state index contributed by atoms with van der Waals surface area (Å²) in [6.07, 6.45) is 0. The summed E-state index contributed by atoms with van der Waals surface area (Å²) in [5, 5.41) is 0. The van der Waals surface area contributed by atoms with E-state index in [2.05, 4.69) is 57.7 Å². The van der Waals surface area contributed by atoms with Crippen molar-refractivity contribution >= 4 is 18.3 Å². The molecule has 0 aliphatic rings. The van der Waals surface area contributed by atoms with E-state index in [4.69, 9.17) is 5.73 Å². The topological polar surface area (TPSA) is 26.0 Å². The normalized spacial score (nSPS) is 10.7. The van der Waals surface area contributed by atoms with Crippen molar-refractivity contribution in [1.29, 1.82) is 0 Å². The lowest BCUT2D eigenvalue weighted by Gasteiger charge is -2.18. The molecule has 0 heterocycles. The summed E-state index contributed by atoms with van der Waals surface area (Å²) in [6, 6.07) is 8.55. The third-order valence-electron chi connectivity index (χ3n) is 3.68. The Morgan fingerprint density at radius 2 is 1.39 bits per heavy atom. The molecule has 2 heteroatoms. The van der Waals surface area contributed by atoms with Crippen LogP contribution in [0.3, 0.4) is 0 Å². The van der Waals surface area contributed by atoms with Crippen LogP contribution in [0.4, 0.5) is 5.69 Å². The molecule has 0 saturated carbocycles. The van der Waals surface area contributed by atoms with Gasteiger partial charge in [0.2, 0.25) is 0 Å². The van der Waals surface area contributed by atoms with Gasteiger partial charge < -0.3 is 5.73 Å². The molecule has 0 amide bonds. The SMILES string of the molecule is Cc1ccc(-c2c(C)c(C)c(N)c(C)c2S)cc1. The van der Waals surface area contributed by atoms with Crippen molar-refractivity contribution in [2.75, 3.05) is 5.73 Å². The van der Waals surface area contributed by atoms with Crippen molar-refractivity contribution in [1.82, 2.24) is 0 Å². The van der Waals surface area contributed by atoms with Gasteiger partial charge in [0.15, 0.2) is 0 Å². The van der Waals surface area contributed by atoms with Gasteiger partial charge in [-0.15, -0.1) is 12.6 Å². The van der Waals surface area contributed by atoms with Crippen molar-refractivity contribution in [3.8, 4) is 11.1 Å². The Morgan fingerprint density at radius 3 is 1.94 bits per heavy atom. The van der Waals surface area contributed by atoms with Crippen LogP contribution in [0.25, 0.3) is 11.1 Å². The van der Waals surface area contributed by atoms with Gasteiger partial charge in [-0.25, -0.2) is 0 Å². The van der Waals surface area contributed by atoms with Crippen LogP contribution in [0.1, 0.15) is 22.3 Å². The number of aryl methyl sites for hydroxylation is 1. The predicted octanol–water partition coefficient (Wildman–Crippen LogP) is 4.46. The molecule has 0 radical (unpaired) electrons. The molecule has 0 atom stereocenters. The van der Waals surface area contributed by atoms with Crippen LogP contribution in [0.2, 0.25) is 0 Å². The molecule has 18 heavy (non-hydrogen) atoms. The standard InChI is InChI=1S/C16H19NS/c1-9-5-7-13(8-6-9)14-10(2)11(3)15(17)12(4)16(14)18/h5-8,18H,17H2,1-4H3. The Morgan fingerprint density at radius 1 is 0.833 bits per heavy atom. The minimum absolute atomic E-state index is 0.855. The molecule has 94 valence electrons. The minimum atomic E-state index is 0.855. The Hall–Kier alpha value is -1.41. The largest absolute Gasteiger partial charge is 0.398 e. The second-order valence-electron chi connectivity index (χ2n) is 4.88. The van der Waals surface area contributed by atoms with Crippen molar-refractivity contribution in [2.24, 2.45) is 0 Å². The van der Waals surface area contributed by atoms with Gasteiger partial charge in [0.25, 0.3) is 0 Å². The molecule has 0 fully saturated rings. The van der Waals surface area contributed by atoms with Gasteiger partial charge in [0, 0.05) is 10.6 Å². The maximum atomic E-state index is 6.11. The maximum absolute atomic E-state index is 6.11. The van der Waals surface area contributed by atoms with E-state index in [9.17, 15) is 0 Å². The molecule has 0 saturated heterocycles.